The van der Waals surface area contributed by atoms with Crippen LogP contribution in [0.4, 0.5) is 0 Å². The van der Waals surface area contributed by atoms with Gasteiger partial charge in [0.15, 0.2) is 5.65 Å². The van der Waals surface area contributed by atoms with Crippen molar-refractivity contribution in [2.24, 2.45) is 5.92 Å². The van der Waals surface area contributed by atoms with E-state index in [2.05, 4.69) is 42.3 Å². The summed E-state index contributed by atoms with van der Waals surface area (Å²) in [7, 11) is 0. The van der Waals surface area contributed by atoms with Gasteiger partial charge in [0.2, 0.25) is 0 Å². The molecule has 0 N–H and O–H groups in total. The van der Waals surface area contributed by atoms with Gasteiger partial charge in [-0.25, -0.2) is 9.97 Å². The standard InChI is InChI=1S/C14H19BrN4/c1-2-3-11-4-5-18(8-11)10-19-9-17-13-6-12(15)7-16-14(13)19/h6-7,9,11H,2-5,8,10H2,1H3. The van der Waals surface area contributed by atoms with Crippen LogP contribution in [0.5, 0.6) is 0 Å². The molecule has 1 fully saturated rings. The molecule has 3 rings (SSSR count). The fourth-order valence-corrected chi connectivity index (χ4v) is 3.25. The predicted molar refractivity (Wildman–Crippen MR) is 79.8 cm³/mol. The van der Waals surface area contributed by atoms with E-state index in [0.717, 1.165) is 28.2 Å². The average molecular weight is 323 g/mol. The normalized spacial score (nSPS) is 20.4. The molecule has 3 heterocycles. The van der Waals surface area contributed by atoms with Crippen molar-refractivity contribution in [1.29, 1.82) is 0 Å². The number of halogens is 1. The number of rotatable bonds is 4. The summed E-state index contributed by atoms with van der Waals surface area (Å²) in [5, 5.41) is 0. The topological polar surface area (TPSA) is 34.0 Å². The predicted octanol–water partition coefficient (Wildman–Crippen LogP) is 3.27. The molecular weight excluding hydrogens is 304 g/mol. The monoisotopic (exact) mass is 322 g/mol. The molecule has 0 amide bonds. The molecule has 0 spiro atoms. The Morgan fingerprint density at radius 1 is 1.42 bits per heavy atom. The fraction of sp³-hybridized carbons (Fsp3) is 0.571. The Morgan fingerprint density at radius 2 is 2.32 bits per heavy atom. The van der Waals surface area contributed by atoms with Crippen LogP contribution in [-0.2, 0) is 6.67 Å². The molecule has 2 aromatic heterocycles. The molecule has 1 atom stereocenters. The van der Waals surface area contributed by atoms with Gasteiger partial charge in [-0.3, -0.25) is 4.90 Å². The maximum atomic E-state index is 4.47. The summed E-state index contributed by atoms with van der Waals surface area (Å²) in [6, 6.07) is 2.02. The Labute approximate surface area is 122 Å². The van der Waals surface area contributed by atoms with E-state index in [1.807, 2.05) is 18.6 Å². The van der Waals surface area contributed by atoms with Crippen LogP contribution >= 0.6 is 15.9 Å². The first-order valence-corrected chi connectivity index (χ1v) is 7.74. The van der Waals surface area contributed by atoms with Crippen LogP contribution in [0.25, 0.3) is 11.2 Å². The number of hydrogen-bond acceptors (Lipinski definition) is 3. The van der Waals surface area contributed by atoms with Gasteiger partial charge in [-0.05, 0) is 40.8 Å². The Morgan fingerprint density at radius 3 is 3.16 bits per heavy atom. The Kier molecular flexibility index (Phi) is 3.84. The summed E-state index contributed by atoms with van der Waals surface area (Å²) in [5.74, 6) is 0.877. The van der Waals surface area contributed by atoms with E-state index in [0.29, 0.717) is 0 Å². The van der Waals surface area contributed by atoms with Crippen LogP contribution in [-0.4, -0.2) is 32.5 Å². The third-order valence-electron chi connectivity index (χ3n) is 3.84. The fourth-order valence-electron chi connectivity index (χ4n) is 2.93. The number of nitrogens with zero attached hydrogens (tertiary/aromatic N) is 4. The summed E-state index contributed by atoms with van der Waals surface area (Å²) in [5.41, 5.74) is 1.93. The largest absolute Gasteiger partial charge is 0.302 e. The van der Waals surface area contributed by atoms with E-state index in [1.165, 1.54) is 32.4 Å². The highest BCUT2D eigenvalue weighted by Gasteiger charge is 2.22. The van der Waals surface area contributed by atoms with E-state index in [4.69, 9.17) is 0 Å². The van der Waals surface area contributed by atoms with Crippen LogP contribution in [0.2, 0.25) is 0 Å². The van der Waals surface area contributed by atoms with Gasteiger partial charge in [0, 0.05) is 23.8 Å². The van der Waals surface area contributed by atoms with Gasteiger partial charge in [-0.15, -0.1) is 0 Å². The van der Waals surface area contributed by atoms with Crippen LogP contribution in [0.1, 0.15) is 26.2 Å². The van der Waals surface area contributed by atoms with E-state index in [1.54, 1.807) is 0 Å². The molecule has 19 heavy (non-hydrogen) atoms. The lowest BCUT2D eigenvalue weighted by Crippen LogP contribution is -2.23. The van der Waals surface area contributed by atoms with Gasteiger partial charge < -0.3 is 4.57 Å². The molecule has 1 aliphatic heterocycles. The SMILES string of the molecule is CCCC1CCN(Cn2cnc3cc(Br)cnc32)C1. The zero-order chi connectivity index (χ0) is 13.2. The van der Waals surface area contributed by atoms with Crippen molar-refractivity contribution in [3.63, 3.8) is 0 Å². The molecule has 1 saturated heterocycles. The van der Waals surface area contributed by atoms with Crippen LogP contribution < -0.4 is 0 Å². The summed E-state index contributed by atoms with van der Waals surface area (Å²) in [6.07, 6.45) is 7.72. The third-order valence-corrected chi connectivity index (χ3v) is 4.28. The Bertz CT molecular complexity index is 566. The van der Waals surface area contributed by atoms with E-state index < -0.39 is 0 Å². The molecule has 1 aliphatic rings. The number of likely N-dealkylation sites (tertiary alicyclic amines) is 1. The quantitative estimate of drug-likeness (QED) is 0.866. The Hall–Kier alpha value is -0.940. The van der Waals surface area contributed by atoms with Gasteiger partial charge in [-0.1, -0.05) is 13.3 Å². The summed E-state index contributed by atoms with van der Waals surface area (Å²) in [4.78, 5) is 11.4. The van der Waals surface area contributed by atoms with Crippen molar-refractivity contribution in [3.05, 3.63) is 23.1 Å². The molecule has 4 nitrogen and oxygen atoms in total. The molecular formula is C14H19BrN4. The number of hydrogen-bond donors (Lipinski definition) is 0. The van der Waals surface area contributed by atoms with Crippen molar-refractivity contribution >= 4 is 27.1 Å². The van der Waals surface area contributed by atoms with Gasteiger partial charge in [-0.2, -0.15) is 0 Å². The maximum absolute atomic E-state index is 4.47. The second-order valence-electron chi connectivity index (χ2n) is 5.37. The van der Waals surface area contributed by atoms with Gasteiger partial charge in [0.05, 0.1) is 13.0 Å². The average Bonchev–Trinajstić information content (AvgIpc) is 2.98. The first kappa shape index (κ1) is 13.1. The van der Waals surface area contributed by atoms with Crippen molar-refractivity contribution < 1.29 is 0 Å². The molecule has 2 aromatic rings. The van der Waals surface area contributed by atoms with Crippen molar-refractivity contribution in [2.75, 3.05) is 13.1 Å². The lowest BCUT2D eigenvalue weighted by atomic mass is 10.0. The molecule has 102 valence electrons. The van der Waals surface area contributed by atoms with Gasteiger partial charge >= 0.3 is 0 Å². The Balaban J connectivity index is 1.72. The molecule has 0 aliphatic carbocycles. The van der Waals surface area contributed by atoms with Crippen molar-refractivity contribution in [1.82, 2.24) is 19.4 Å². The van der Waals surface area contributed by atoms with Crippen LogP contribution in [0.3, 0.4) is 0 Å². The minimum absolute atomic E-state index is 0.877. The molecule has 0 saturated carbocycles. The van der Waals surface area contributed by atoms with Crippen molar-refractivity contribution in [2.45, 2.75) is 32.9 Å². The lowest BCUT2D eigenvalue weighted by molar-refractivity contribution is 0.261. The smallest absolute Gasteiger partial charge is 0.160 e. The summed E-state index contributed by atoms with van der Waals surface area (Å²) < 4.78 is 3.13. The number of pyridine rings is 1. The second kappa shape index (κ2) is 5.59. The maximum Gasteiger partial charge on any atom is 0.160 e. The first-order chi connectivity index (χ1) is 9.26. The second-order valence-corrected chi connectivity index (χ2v) is 6.29. The van der Waals surface area contributed by atoms with Crippen LogP contribution in [0, 0.1) is 5.92 Å². The highest BCUT2D eigenvalue weighted by atomic mass is 79.9. The summed E-state index contributed by atoms with van der Waals surface area (Å²) >= 11 is 3.43. The molecule has 0 bridgehead atoms. The number of fused-ring (bicyclic) bond motifs is 1. The summed E-state index contributed by atoms with van der Waals surface area (Å²) in [6.45, 7) is 5.59. The highest BCUT2D eigenvalue weighted by Crippen LogP contribution is 2.22. The van der Waals surface area contributed by atoms with E-state index in [-0.39, 0.29) is 0 Å². The minimum atomic E-state index is 0.877. The van der Waals surface area contributed by atoms with Gasteiger partial charge in [0.1, 0.15) is 5.52 Å². The first-order valence-electron chi connectivity index (χ1n) is 6.95. The third kappa shape index (κ3) is 2.82. The number of aromatic nitrogens is 3. The zero-order valence-corrected chi connectivity index (χ0v) is 12.8. The molecule has 1 unspecified atom stereocenters. The lowest BCUT2D eigenvalue weighted by Gasteiger charge is -2.16. The molecule has 0 radical (unpaired) electrons. The van der Waals surface area contributed by atoms with Crippen LogP contribution in [0.15, 0.2) is 23.1 Å². The highest BCUT2D eigenvalue weighted by molar-refractivity contribution is 9.10. The molecule has 0 aromatic carbocycles. The molecule has 5 heteroatoms. The van der Waals surface area contributed by atoms with E-state index >= 15 is 0 Å². The minimum Gasteiger partial charge on any atom is -0.302 e. The van der Waals surface area contributed by atoms with E-state index in [9.17, 15) is 0 Å². The van der Waals surface area contributed by atoms with Gasteiger partial charge in [0.25, 0.3) is 0 Å². The zero-order valence-electron chi connectivity index (χ0n) is 11.2. The number of imidazole rings is 1. The van der Waals surface area contributed by atoms with Crippen molar-refractivity contribution in [3.8, 4) is 0 Å².